The Hall–Kier alpha value is -2.94. The number of benzene rings is 3. The predicted molar refractivity (Wildman–Crippen MR) is 154 cm³/mol. The van der Waals surface area contributed by atoms with E-state index in [1.165, 1.54) is 11.8 Å². The van der Waals surface area contributed by atoms with Gasteiger partial charge in [0.15, 0.2) is 0 Å². The topological polar surface area (TPSA) is 61.4 Å². The van der Waals surface area contributed by atoms with Crippen LogP contribution in [0.1, 0.15) is 6.92 Å². The highest BCUT2D eigenvalue weighted by molar-refractivity contribution is 9.10. The molecule has 1 aliphatic carbocycles. The van der Waals surface area contributed by atoms with Crippen molar-refractivity contribution in [2.45, 2.75) is 33.3 Å². The summed E-state index contributed by atoms with van der Waals surface area (Å²) in [5.41, 5.74) is 2.33. The summed E-state index contributed by atoms with van der Waals surface area (Å²) in [7, 11) is 0. The van der Waals surface area contributed by atoms with E-state index in [2.05, 4.69) is 44.8 Å². The van der Waals surface area contributed by atoms with Crippen molar-refractivity contribution in [1.29, 1.82) is 0 Å². The molecule has 2 N–H and O–H groups in total. The van der Waals surface area contributed by atoms with Gasteiger partial charge in [-0.15, -0.1) is 23.5 Å². The molecule has 0 aromatic heterocycles. The third kappa shape index (κ3) is 5.40. The number of hydrogen-bond acceptors (Lipinski definition) is 4. The smallest absolute Gasteiger partial charge is 0.324 e. The van der Waals surface area contributed by atoms with E-state index in [1.807, 2.05) is 90.7 Å². The van der Waals surface area contributed by atoms with Crippen LogP contribution in [0.3, 0.4) is 0 Å². The number of thioether (sulfide) groups is 2. The lowest BCUT2D eigenvalue weighted by molar-refractivity contribution is -0.115. The van der Waals surface area contributed by atoms with E-state index in [0.717, 1.165) is 25.6 Å². The van der Waals surface area contributed by atoms with Crippen LogP contribution in [-0.2, 0) is 4.79 Å². The summed E-state index contributed by atoms with van der Waals surface area (Å²) in [4.78, 5) is 30.1. The molecule has 8 heteroatoms. The quantitative estimate of drug-likeness (QED) is 0.307. The first-order chi connectivity index (χ1) is 17.5. The van der Waals surface area contributed by atoms with Crippen molar-refractivity contribution in [3.63, 3.8) is 0 Å². The van der Waals surface area contributed by atoms with E-state index in [9.17, 15) is 9.59 Å². The van der Waals surface area contributed by atoms with Gasteiger partial charge in [-0.25, -0.2) is 4.79 Å². The third-order valence-electron chi connectivity index (χ3n) is 5.86. The lowest BCUT2D eigenvalue weighted by Crippen LogP contribution is -2.49. The Labute approximate surface area is 227 Å². The van der Waals surface area contributed by atoms with Crippen LogP contribution in [0.2, 0.25) is 0 Å². The van der Waals surface area contributed by atoms with Crippen molar-refractivity contribution in [3.8, 4) is 0 Å². The predicted octanol–water partition coefficient (Wildman–Crippen LogP) is 7.58. The number of carbonyl (C=O) groups is 2. The molecule has 1 aliphatic heterocycles. The van der Waals surface area contributed by atoms with Gasteiger partial charge in [-0.1, -0.05) is 54.6 Å². The zero-order valence-electron chi connectivity index (χ0n) is 19.4. The minimum Gasteiger partial charge on any atom is -0.324 e. The van der Waals surface area contributed by atoms with Crippen LogP contribution in [0.25, 0.3) is 0 Å². The molecule has 3 unspecified atom stereocenters. The Kier molecular flexibility index (Phi) is 7.55. The van der Waals surface area contributed by atoms with E-state index < -0.39 is 0 Å². The Morgan fingerprint density at radius 3 is 2.61 bits per heavy atom. The maximum Gasteiger partial charge on any atom is 0.326 e. The number of anilines is 3. The van der Waals surface area contributed by atoms with Gasteiger partial charge in [-0.05, 0) is 65.3 Å². The minimum atomic E-state index is -0.325. The first kappa shape index (κ1) is 24.7. The van der Waals surface area contributed by atoms with Gasteiger partial charge in [0.1, 0.15) is 0 Å². The molecule has 0 fully saturated rings. The monoisotopic (exact) mass is 577 g/mol. The maximum atomic E-state index is 13.5. The second kappa shape index (κ2) is 11.0. The lowest BCUT2D eigenvalue weighted by atomic mass is 10.1. The van der Waals surface area contributed by atoms with E-state index >= 15 is 0 Å². The standard InChI is InChI=1S/C28H24BrN3O2S2/c1-18(27(33)31-22-12-3-2-11-21(22)29)35-20-10-8-9-19(17-20)30-28(34)32-23-13-4-6-15-25(23)36-26-16-7-5-14-24(26)32/h2-18,23,25H,1H3,(H,30,34)(H,31,33). The van der Waals surface area contributed by atoms with E-state index in [0.29, 0.717) is 5.69 Å². The van der Waals surface area contributed by atoms with Gasteiger partial charge in [-0.2, -0.15) is 0 Å². The van der Waals surface area contributed by atoms with E-state index in [4.69, 9.17) is 0 Å². The highest BCUT2D eigenvalue weighted by Crippen LogP contribution is 2.43. The zero-order valence-corrected chi connectivity index (χ0v) is 22.6. The summed E-state index contributed by atoms with van der Waals surface area (Å²) in [5, 5.41) is 5.88. The molecule has 0 saturated heterocycles. The number of amides is 3. The molecule has 0 radical (unpaired) electrons. The maximum absolute atomic E-state index is 13.5. The molecule has 36 heavy (non-hydrogen) atoms. The number of allylic oxidation sites excluding steroid dienone is 2. The van der Waals surface area contributed by atoms with Crippen molar-refractivity contribution in [1.82, 2.24) is 0 Å². The normalized spacial score (nSPS) is 18.7. The van der Waals surface area contributed by atoms with Crippen LogP contribution in [-0.4, -0.2) is 28.5 Å². The Morgan fingerprint density at radius 1 is 0.972 bits per heavy atom. The summed E-state index contributed by atoms with van der Waals surface area (Å²) in [6, 6.07) is 22.9. The molecule has 3 atom stereocenters. The van der Waals surface area contributed by atoms with Gasteiger partial charge in [0.05, 0.1) is 27.9 Å². The number of para-hydroxylation sites is 2. The first-order valence-corrected chi connectivity index (χ1v) is 14.1. The van der Waals surface area contributed by atoms with Crippen LogP contribution >= 0.6 is 39.5 Å². The van der Waals surface area contributed by atoms with Crippen molar-refractivity contribution < 1.29 is 9.59 Å². The first-order valence-electron chi connectivity index (χ1n) is 11.5. The van der Waals surface area contributed by atoms with Crippen LogP contribution in [0.15, 0.2) is 111 Å². The highest BCUT2D eigenvalue weighted by atomic mass is 79.9. The van der Waals surface area contributed by atoms with Crippen molar-refractivity contribution >= 4 is 68.5 Å². The van der Waals surface area contributed by atoms with E-state index in [1.54, 1.807) is 11.8 Å². The molecule has 0 bridgehead atoms. The molecule has 0 saturated carbocycles. The number of nitrogens with one attached hydrogen (secondary N) is 2. The van der Waals surface area contributed by atoms with Crippen molar-refractivity contribution in [2.75, 3.05) is 15.5 Å². The average Bonchev–Trinajstić information content (AvgIpc) is 2.88. The average molecular weight is 579 g/mol. The lowest BCUT2D eigenvalue weighted by Gasteiger charge is -2.40. The largest absolute Gasteiger partial charge is 0.326 e. The molecule has 3 aromatic carbocycles. The van der Waals surface area contributed by atoms with Crippen LogP contribution in [0, 0.1) is 0 Å². The van der Waals surface area contributed by atoms with E-state index in [-0.39, 0.29) is 28.5 Å². The fourth-order valence-electron chi connectivity index (χ4n) is 4.11. The Bertz CT molecular complexity index is 1360. The van der Waals surface area contributed by atoms with Gasteiger partial charge in [-0.3, -0.25) is 9.69 Å². The molecular formula is C28H24BrN3O2S2. The number of urea groups is 1. The summed E-state index contributed by atoms with van der Waals surface area (Å²) in [6.45, 7) is 1.87. The molecule has 1 heterocycles. The Morgan fingerprint density at radius 2 is 1.75 bits per heavy atom. The van der Waals surface area contributed by atoms with Crippen LogP contribution < -0.4 is 15.5 Å². The summed E-state index contributed by atoms with van der Waals surface area (Å²) >= 11 is 6.68. The zero-order chi connectivity index (χ0) is 25.1. The number of hydrogen-bond donors (Lipinski definition) is 2. The van der Waals surface area contributed by atoms with Gasteiger partial charge in [0.2, 0.25) is 5.91 Å². The number of halogens is 1. The fourth-order valence-corrected chi connectivity index (χ4v) is 6.68. The molecule has 5 nitrogen and oxygen atoms in total. The number of nitrogens with zero attached hydrogens (tertiary/aromatic N) is 1. The summed E-state index contributed by atoms with van der Waals surface area (Å²) < 4.78 is 0.837. The second-order valence-corrected chi connectivity index (χ2v) is 11.9. The van der Waals surface area contributed by atoms with Crippen LogP contribution in [0.4, 0.5) is 21.9 Å². The molecule has 182 valence electrons. The van der Waals surface area contributed by atoms with Crippen LogP contribution in [0.5, 0.6) is 0 Å². The SMILES string of the molecule is CC(Sc1cccc(NC(=O)N2c3ccccc3SC3C=CC=CC32)c1)C(=O)Nc1ccccc1Br. The van der Waals surface area contributed by atoms with Gasteiger partial charge in [0.25, 0.3) is 0 Å². The summed E-state index contributed by atoms with van der Waals surface area (Å²) in [5.74, 6) is -0.0908. The molecule has 2 aliphatic rings. The molecule has 3 amide bonds. The second-order valence-electron chi connectivity index (χ2n) is 8.37. The summed E-state index contributed by atoms with van der Waals surface area (Å²) in [6.07, 6.45) is 8.24. The minimum absolute atomic E-state index is 0.0616. The van der Waals surface area contributed by atoms with Gasteiger partial charge in [0, 0.05) is 20.0 Å². The molecule has 5 rings (SSSR count). The van der Waals surface area contributed by atoms with Gasteiger partial charge < -0.3 is 10.6 Å². The Balaban J connectivity index is 1.29. The molecule has 3 aromatic rings. The van der Waals surface area contributed by atoms with Crippen molar-refractivity contribution in [2.24, 2.45) is 0 Å². The number of carbonyl (C=O) groups excluding carboxylic acids is 2. The van der Waals surface area contributed by atoms with Gasteiger partial charge >= 0.3 is 6.03 Å². The molecular weight excluding hydrogens is 554 g/mol. The molecule has 0 spiro atoms. The third-order valence-corrected chi connectivity index (χ3v) is 8.95. The highest BCUT2D eigenvalue weighted by Gasteiger charge is 2.36. The number of fused-ring (bicyclic) bond motifs is 2. The van der Waals surface area contributed by atoms with Crippen molar-refractivity contribution in [3.05, 3.63) is 102 Å². The number of rotatable bonds is 5. The fraction of sp³-hybridized carbons (Fsp3) is 0.143.